The maximum absolute atomic E-state index is 11.1. The normalized spacial score (nSPS) is 12.4. The number of nitrogen functional groups attached to an aromatic ring is 1. The highest BCUT2D eigenvalue weighted by molar-refractivity contribution is 5.91. The molecule has 6 nitrogen and oxygen atoms in total. The number of carbonyl (C=O) groups excluding carboxylic acids is 1. The molecule has 0 bridgehead atoms. The van der Waals surface area contributed by atoms with Gasteiger partial charge in [0.05, 0.1) is 5.69 Å². The molecule has 0 fully saturated rings. The van der Waals surface area contributed by atoms with Crippen molar-refractivity contribution in [3.05, 3.63) is 17.8 Å². The summed E-state index contributed by atoms with van der Waals surface area (Å²) in [5, 5.41) is 3.13. The molecule has 1 heterocycles. The number of likely N-dealkylation sites (N-methyl/N-ethyl adjacent to an activating group) is 1. The summed E-state index contributed by atoms with van der Waals surface area (Å²) >= 11 is 0. The van der Waals surface area contributed by atoms with E-state index in [9.17, 15) is 4.79 Å². The minimum atomic E-state index is -0.556. The first-order valence-electron chi connectivity index (χ1n) is 6.46. The van der Waals surface area contributed by atoms with E-state index in [0.717, 1.165) is 13.0 Å². The lowest BCUT2D eigenvalue weighted by atomic mass is 10.2. The third-order valence-corrected chi connectivity index (χ3v) is 3.28. The molecule has 0 saturated carbocycles. The Hall–Kier alpha value is -1.82. The lowest BCUT2D eigenvalue weighted by Crippen LogP contribution is -2.33. The molecule has 0 aliphatic rings. The highest BCUT2D eigenvalue weighted by atomic mass is 16.1. The first kappa shape index (κ1) is 15.2. The quantitative estimate of drug-likeness (QED) is 0.680. The van der Waals surface area contributed by atoms with E-state index in [-0.39, 0.29) is 5.69 Å². The van der Waals surface area contributed by atoms with Crippen molar-refractivity contribution in [2.75, 3.05) is 31.2 Å². The topological polar surface area (TPSA) is 97.3 Å². The zero-order chi connectivity index (χ0) is 14.4. The number of aromatic nitrogens is 1. The highest BCUT2D eigenvalue weighted by Crippen LogP contribution is 2.15. The lowest BCUT2D eigenvalue weighted by molar-refractivity contribution is 0.0996. The lowest BCUT2D eigenvalue weighted by Gasteiger charge is -2.23. The van der Waals surface area contributed by atoms with Crippen molar-refractivity contribution < 1.29 is 4.79 Å². The Morgan fingerprint density at radius 3 is 2.79 bits per heavy atom. The average Bonchev–Trinajstić information content (AvgIpc) is 2.39. The minimum Gasteiger partial charge on any atom is -0.396 e. The first-order valence-corrected chi connectivity index (χ1v) is 6.46. The van der Waals surface area contributed by atoms with Crippen LogP contribution < -0.4 is 16.8 Å². The Labute approximate surface area is 114 Å². The van der Waals surface area contributed by atoms with Gasteiger partial charge in [0.1, 0.15) is 11.5 Å². The van der Waals surface area contributed by atoms with Crippen molar-refractivity contribution in [3.63, 3.8) is 0 Å². The van der Waals surface area contributed by atoms with Gasteiger partial charge in [0, 0.05) is 19.1 Å². The van der Waals surface area contributed by atoms with E-state index >= 15 is 0 Å². The third kappa shape index (κ3) is 4.40. The molecule has 6 heteroatoms. The van der Waals surface area contributed by atoms with E-state index < -0.39 is 5.91 Å². The van der Waals surface area contributed by atoms with Gasteiger partial charge in [-0.05, 0) is 32.5 Å². The van der Waals surface area contributed by atoms with Gasteiger partial charge in [0.2, 0.25) is 0 Å². The Morgan fingerprint density at radius 2 is 2.21 bits per heavy atom. The first-order chi connectivity index (χ1) is 8.95. The van der Waals surface area contributed by atoms with Crippen LogP contribution in [0.25, 0.3) is 0 Å². The van der Waals surface area contributed by atoms with Crippen LogP contribution in [0, 0.1) is 0 Å². The van der Waals surface area contributed by atoms with Crippen LogP contribution in [0.4, 0.5) is 11.5 Å². The number of carbonyl (C=O) groups is 1. The molecule has 1 aromatic rings. The van der Waals surface area contributed by atoms with Crippen molar-refractivity contribution in [2.24, 2.45) is 5.73 Å². The molecule has 19 heavy (non-hydrogen) atoms. The number of pyridine rings is 1. The van der Waals surface area contributed by atoms with Gasteiger partial charge in [-0.25, -0.2) is 4.98 Å². The van der Waals surface area contributed by atoms with E-state index in [2.05, 4.69) is 36.1 Å². The van der Waals surface area contributed by atoms with Gasteiger partial charge in [-0.2, -0.15) is 0 Å². The van der Waals surface area contributed by atoms with Crippen molar-refractivity contribution >= 4 is 17.4 Å². The molecular weight excluding hydrogens is 242 g/mol. The molecule has 0 aromatic carbocycles. The predicted octanol–water partition coefficient (Wildman–Crippen LogP) is 0.905. The predicted molar refractivity (Wildman–Crippen MR) is 78.0 cm³/mol. The summed E-state index contributed by atoms with van der Waals surface area (Å²) in [5.41, 5.74) is 11.7. The minimum absolute atomic E-state index is 0.215. The average molecular weight is 265 g/mol. The number of hydrogen-bond acceptors (Lipinski definition) is 5. The monoisotopic (exact) mass is 265 g/mol. The van der Waals surface area contributed by atoms with Gasteiger partial charge >= 0.3 is 0 Å². The summed E-state index contributed by atoms with van der Waals surface area (Å²) < 4.78 is 0. The van der Waals surface area contributed by atoms with Gasteiger partial charge < -0.3 is 21.7 Å². The van der Waals surface area contributed by atoms with Gasteiger partial charge in [-0.3, -0.25) is 4.79 Å². The Morgan fingerprint density at radius 1 is 1.53 bits per heavy atom. The van der Waals surface area contributed by atoms with Crippen molar-refractivity contribution in [1.29, 1.82) is 0 Å². The summed E-state index contributed by atoms with van der Waals surface area (Å²) in [6.45, 7) is 5.92. The fraction of sp³-hybridized carbons (Fsp3) is 0.538. The van der Waals surface area contributed by atoms with Crippen molar-refractivity contribution in [1.82, 2.24) is 9.88 Å². The number of amides is 1. The SMILES string of the molecule is CCC(C)N(C)CCNc1nc(C(N)=O)ccc1N. The zero-order valence-electron chi connectivity index (χ0n) is 11.8. The summed E-state index contributed by atoms with van der Waals surface area (Å²) in [4.78, 5) is 17.4. The van der Waals surface area contributed by atoms with Crippen LogP contribution in [0.3, 0.4) is 0 Å². The van der Waals surface area contributed by atoms with Crippen LogP contribution in [0.5, 0.6) is 0 Å². The van der Waals surface area contributed by atoms with Gasteiger partial charge in [-0.15, -0.1) is 0 Å². The van der Waals surface area contributed by atoms with Gasteiger partial charge in [0.25, 0.3) is 5.91 Å². The molecule has 0 aliphatic heterocycles. The fourth-order valence-electron chi connectivity index (χ4n) is 1.63. The largest absolute Gasteiger partial charge is 0.396 e. The van der Waals surface area contributed by atoms with Gasteiger partial charge in [-0.1, -0.05) is 6.92 Å². The van der Waals surface area contributed by atoms with E-state index in [0.29, 0.717) is 24.1 Å². The Balaban J connectivity index is 2.58. The molecule has 1 atom stereocenters. The van der Waals surface area contributed by atoms with E-state index in [1.54, 1.807) is 6.07 Å². The maximum Gasteiger partial charge on any atom is 0.267 e. The molecule has 1 aromatic heterocycles. The number of primary amides is 1. The second-order valence-corrected chi connectivity index (χ2v) is 4.66. The van der Waals surface area contributed by atoms with E-state index in [1.165, 1.54) is 6.07 Å². The second kappa shape index (κ2) is 6.94. The van der Waals surface area contributed by atoms with Crippen LogP contribution >= 0.6 is 0 Å². The third-order valence-electron chi connectivity index (χ3n) is 3.28. The molecule has 0 spiro atoms. The molecule has 1 rings (SSSR count). The van der Waals surface area contributed by atoms with Crippen LogP contribution in [-0.2, 0) is 0 Å². The van der Waals surface area contributed by atoms with Crippen LogP contribution in [0.15, 0.2) is 12.1 Å². The number of hydrogen-bond donors (Lipinski definition) is 3. The number of nitrogens with zero attached hydrogens (tertiary/aromatic N) is 2. The fourth-order valence-corrected chi connectivity index (χ4v) is 1.63. The molecule has 1 unspecified atom stereocenters. The molecule has 106 valence electrons. The maximum atomic E-state index is 11.1. The van der Waals surface area contributed by atoms with Crippen molar-refractivity contribution in [3.8, 4) is 0 Å². The van der Waals surface area contributed by atoms with E-state index in [1.807, 2.05) is 0 Å². The van der Waals surface area contributed by atoms with Gasteiger partial charge in [0.15, 0.2) is 0 Å². The Kier molecular flexibility index (Phi) is 5.57. The van der Waals surface area contributed by atoms with Crippen LogP contribution in [-0.4, -0.2) is 42.0 Å². The molecule has 0 radical (unpaired) electrons. The summed E-state index contributed by atoms with van der Waals surface area (Å²) in [7, 11) is 2.08. The highest BCUT2D eigenvalue weighted by Gasteiger charge is 2.08. The van der Waals surface area contributed by atoms with Crippen LogP contribution in [0.1, 0.15) is 30.8 Å². The van der Waals surface area contributed by atoms with E-state index in [4.69, 9.17) is 11.5 Å². The second-order valence-electron chi connectivity index (χ2n) is 4.66. The summed E-state index contributed by atoms with van der Waals surface area (Å²) in [6, 6.07) is 3.69. The molecule has 1 amide bonds. The smallest absolute Gasteiger partial charge is 0.267 e. The summed E-state index contributed by atoms with van der Waals surface area (Å²) in [5.74, 6) is -0.0476. The standard InChI is InChI=1S/C13H23N5O/c1-4-9(2)18(3)8-7-16-13-10(14)5-6-11(17-13)12(15)19/h5-6,9H,4,7-8,14H2,1-3H3,(H2,15,19)(H,16,17). The molecule has 5 N–H and O–H groups in total. The zero-order valence-corrected chi connectivity index (χ0v) is 11.8. The molecule has 0 saturated heterocycles. The number of nitrogens with one attached hydrogen (secondary N) is 1. The number of nitrogens with two attached hydrogens (primary N) is 2. The van der Waals surface area contributed by atoms with Crippen LogP contribution in [0.2, 0.25) is 0 Å². The van der Waals surface area contributed by atoms with Crippen molar-refractivity contribution in [2.45, 2.75) is 26.3 Å². The number of anilines is 2. The summed E-state index contributed by atoms with van der Waals surface area (Å²) in [6.07, 6.45) is 1.11. The Bertz CT molecular complexity index is 435. The molecule has 0 aliphatic carbocycles. The molecular formula is C13H23N5O. The number of rotatable bonds is 7.